The van der Waals surface area contributed by atoms with Crippen LogP contribution < -0.4 is 10.6 Å². The number of amides is 2. The van der Waals surface area contributed by atoms with Crippen molar-refractivity contribution in [2.75, 3.05) is 5.32 Å². The molecule has 1 aromatic carbocycles. The number of hydrogen-bond donors (Lipinski definition) is 3. The molecule has 7 heteroatoms. The van der Waals surface area contributed by atoms with Gasteiger partial charge in [0, 0.05) is 22.9 Å². The van der Waals surface area contributed by atoms with E-state index in [2.05, 4.69) is 10.6 Å². The number of carbonyl (C=O) groups is 2. The van der Waals surface area contributed by atoms with Gasteiger partial charge in [-0.15, -0.1) is 0 Å². The Kier molecular flexibility index (Phi) is 8.77. The van der Waals surface area contributed by atoms with E-state index < -0.39 is 17.7 Å². The number of benzene rings is 1. The molecule has 1 saturated carbocycles. The molecule has 36 heavy (non-hydrogen) atoms. The molecule has 1 aliphatic carbocycles. The number of rotatable bonds is 6. The fourth-order valence-corrected chi connectivity index (χ4v) is 4.87. The van der Waals surface area contributed by atoms with E-state index in [4.69, 9.17) is 9.72 Å². The van der Waals surface area contributed by atoms with Crippen molar-refractivity contribution in [3.8, 4) is 11.1 Å². The summed E-state index contributed by atoms with van der Waals surface area (Å²) in [6.45, 7) is 13.2. The van der Waals surface area contributed by atoms with E-state index in [0.29, 0.717) is 22.6 Å². The molecule has 1 aromatic heterocycles. The number of pyridine rings is 1. The molecule has 2 aromatic rings. The zero-order valence-electron chi connectivity index (χ0n) is 22.7. The van der Waals surface area contributed by atoms with Crippen molar-refractivity contribution >= 4 is 17.8 Å². The number of aromatic nitrogens is 1. The fraction of sp³-hybridized carbons (Fsp3) is 0.552. The first-order chi connectivity index (χ1) is 16.9. The fourth-order valence-electron chi connectivity index (χ4n) is 4.87. The number of nitrogens with zero attached hydrogens (tertiary/aromatic N) is 1. The average molecular weight is 496 g/mol. The Balaban J connectivity index is 2.09. The second kappa shape index (κ2) is 11.4. The monoisotopic (exact) mass is 495 g/mol. The van der Waals surface area contributed by atoms with Crippen LogP contribution in [0.1, 0.15) is 93.3 Å². The molecular weight excluding hydrogens is 454 g/mol. The van der Waals surface area contributed by atoms with Crippen LogP contribution >= 0.6 is 0 Å². The molecule has 0 bridgehead atoms. The lowest BCUT2D eigenvalue weighted by molar-refractivity contribution is -0.160. The predicted octanol–water partition coefficient (Wildman–Crippen LogP) is 6.77. The molecule has 2 amide bonds. The van der Waals surface area contributed by atoms with Gasteiger partial charge in [-0.05, 0) is 83.6 Å². The lowest BCUT2D eigenvalue weighted by Crippen LogP contribution is -2.38. The van der Waals surface area contributed by atoms with Crippen LogP contribution in [0.15, 0.2) is 18.2 Å². The van der Waals surface area contributed by atoms with Crippen LogP contribution in [-0.2, 0) is 9.53 Å². The number of aryl methyl sites for hydroxylation is 3. The van der Waals surface area contributed by atoms with Gasteiger partial charge in [0.2, 0.25) is 0 Å². The number of ether oxygens (including phenoxy) is 1. The first-order valence-electron chi connectivity index (χ1n) is 12.9. The average Bonchev–Trinajstić information content (AvgIpc) is 3.04. The zero-order valence-corrected chi connectivity index (χ0v) is 22.7. The smallest absolute Gasteiger partial charge is 0.337 e. The van der Waals surface area contributed by atoms with Crippen molar-refractivity contribution in [1.29, 1.82) is 0 Å². The quantitative estimate of drug-likeness (QED) is 0.384. The van der Waals surface area contributed by atoms with Crippen LogP contribution in [0, 0.1) is 27.7 Å². The molecule has 3 N–H and O–H groups in total. The Morgan fingerprint density at radius 1 is 1.03 bits per heavy atom. The molecule has 196 valence electrons. The van der Waals surface area contributed by atoms with Gasteiger partial charge < -0.3 is 15.2 Å². The van der Waals surface area contributed by atoms with Crippen LogP contribution in [0.2, 0.25) is 0 Å². The Hall–Kier alpha value is -2.93. The van der Waals surface area contributed by atoms with Gasteiger partial charge in [0.05, 0.1) is 5.60 Å². The van der Waals surface area contributed by atoms with E-state index in [0.717, 1.165) is 47.9 Å². The van der Waals surface area contributed by atoms with Gasteiger partial charge in [-0.25, -0.2) is 14.6 Å². The maximum Gasteiger partial charge on any atom is 0.337 e. The van der Waals surface area contributed by atoms with Crippen molar-refractivity contribution < 1.29 is 19.4 Å². The highest BCUT2D eigenvalue weighted by molar-refractivity contribution is 5.91. The van der Waals surface area contributed by atoms with Crippen molar-refractivity contribution in [2.45, 2.75) is 105 Å². The molecule has 1 aliphatic rings. The van der Waals surface area contributed by atoms with E-state index in [-0.39, 0.29) is 12.1 Å². The second-order valence-electron chi connectivity index (χ2n) is 11.0. The minimum atomic E-state index is -1.23. The molecule has 1 unspecified atom stereocenters. The highest BCUT2D eigenvalue weighted by atomic mass is 16.5. The summed E-state index contributed by atoms with van der Waals surface area (Å²) in [5.74, 6) is -0.734. The largest absolute Gasteiger partial charge is 0.479 e. The van der Waals surface area contributed by atoms with Crippen LogP contribution in [0.5, 0.6) is 0 Å². The highest BCUT2D eigenvalue weighted by Crippen LogP contribution is 2.39. The molecule has 0 aliphatic heterocycles. The minimum Gasteiger partial charge on any atom is -0.479 e. The van der Waals surface area contributed by atoms with Crippen LogP contribution in [0.3, 0.4) is 0 Å². The van der Waals surface area contributed by atoms with E-state index in [1.54, 1.807) is 6.92 Å². The summed E-state index contributed by atoms with van der Waals surface area (Å²) in [5.41, 5.74) is 4.88. The van der Waals surface area contributed by atoms with Crippen molar-refractivity contribution in [1.82, 2.24) is 10.3 Å². The van der Waals surface area contributed by atoms with Gasteiger partial charge in [0.15, 0.2) is 6.10 Å². The first-order valence-corrected chi connectivity index (χ1v) is 12.9. The van der Waals surface area contributed by atoms with Gasteiger partial charge in [0.1, 0.15) is 5.82 Å². The molecular formula is C29H41N3O4. The number of carboxylic acid groups (broad SMARTS) is 1. The first kappa shape index (κ1) is 27.7. The van der Waals surface area contributed by atoms with Crippen molar-refractivity contribution in [2.24, 2.45) is 0 Å². The molecule has 3 rings (SSSR count). The zero-order chi connectivity index (χ0) is 26.6. The number of hydrogen-bond acceptors (Lipinski definition) is 4. The van der Waals surface area contributed by atoms with Gasteiger partial charge in [-0.2, -0.15) is 0 Å². The lowest BCUT2D eigenvalue weighted by Gasteiger charge is -2.29. The van der Waals surface area contributed by atoms with E-state index in [1.165, 1.54) is 12.8 Å². The highest BCUT2D eigenvalue weighted by Gasteiger charge is 2.33. The number of urea groups is 1. The Bertz CT molecular complexity index is 1110. The molecule has 0 spiro atoms. The van der Waals surface area contributed by atoms with Crippen LogP contribution in [0.25, 0.3) is 11.1 Å². The third-order valence-corrected chi connectivity index (χ3v) is 6.85. The lowest BCUT2D eigenvalue weighted by atomic mass is 9.89. The Morgan fingerprint density at radius 3 is 2.22 bits per heavy atom. The third-order valence-electron chi connectivity index (χ3n) is 6.85. The van der Waals surface area contributed by atoms with E-state index in [9.17, 15) is 14.7 Å². The second-order valence-corrected chi connectivity index (χ2v) is 11.0. The van der Waals surface area contributed by atoms with Gasteiger partial charge in [-0.3, -0.25) is 5.32 Å². The molecule has 1 heterocycles. The van der Waals surface area contributed by atoms with Gasteiger partial charge >= 0.3 is 12.0 Å². The van der Waals surface area contributed by atoms with Crippen molar-refractivity contribution in [3.63, 3.8) is 0 Å². The summed E-state index contributed by atoms with van der Waals surface area (Å²) in [5, 5.41) is 16.2. The third kappa shape index (κ3) is 6.84. The van der Waals surface area contributed by atoms with Crippen LogP contribution in [0.4, 0.5) is 10.6 Å². The van der Waals surface area contributed by atoms with E-state index in [1.807, 2.05) is 59.7 Å². The summed E-state index contributed by atoms with van der Waals surface area (Å²) in [4.78, 5) is 30.2. The standard InChI is InChI=1S/C29H41N3O4/c1-17-14-15-21(16-18(17)2)24-20(4)30-26(32-28(35)31-22-12-10-8-9-11-13-22)19(3)23(24)25(27(33)34)36-29(5,6)7/h14-16,22,25H,8-13H2,1-7H3,(H,33,34)(H2,30,31,32,35). The maximum atomic E-state index is 12.9. The summed E-state index contributed by atoms with van der Waals surface area (Å²) in [6, 6.07) is 5.88. The summed E-state index contributed by atoms with van der Waals surface area (Å²) < 4.78 is 6.08. The Morgan fingerprint density at radius 2 is 1.67 bits per heavy atom. The molecule has 0 saturated heterocycles. The topological polar surface area (TPSA) is 101 Å². The summed E-state index contributed by atoms with van der Waals surface area (Å²) in [6.07, 6.45) is 5.34. The molecule has 0 radical (unpaired) electrons. The van der Waals surface area contributed by atoms with Crippen molar-refractivity contribution in [3.05, 3.63) is 46.1 Å². The number of anilines is 1. The predicted molar refractivity (Wildman–Crippen MR) is 143 cm³/mol. The number of aliphatic carboxylic acids is 1. The van der Waals surface area contributed by atoms with Gasteiger partial charge in [-0.1, -0.05) is 43.9 Å². The summed E-state index contributed by atoms with van der Waals surface area (Å²) in [7, 11) is 0. The summed E-state index contributed by atoms with van der Waals surface area (Å²) >= 11 is 0. The Labute approximate surface area is 215 Å². The number of nitrogens with one attached hydrogen (secondary N) is 2. The normalized spacial score (nSPS) is 15.8. The van der Waals surface area contributed by atoms with Crippen LogP contribution in [-0.4, -0.2) is 33.7 Å². The maximum absolute atomic E-state index is 12.9. The number of carboxylic acids is 1. The molecule has 7 nitrogen and oxygen atoms in total. The van der Waals surface area contributed by atoms with E-state index >= 15 is 0 Å². The molecule has 1 fully saturated rings. The number of carbonyl (C=O) groups excluding carboxylic acids is 1. The minimum absolute atomic E-state index is 0.138. The van der Waals surface area contributed by atoms with Gasteiger partial charge in [0.25, 0.3) is 0 Å². The SMILES string of the molecule is Cc1ccc(-c2c(C)nc(NC(=O)NC3CCCCCC3)c(C)c2C(OC(C)(C)C)C(=O)O)cc1C. The molecule has 1 atom stereocenters.